The fourth-order valence-corrected chi connectivity index (χ4v) is 4.08. The first-order chi connectivity index (χ1) is 13.0. The maximum Gasteiger partial charge on any atom is 0.227 e. The predicted molar refractivity (Wildman–Crippen MR) is 101 cm³/mol. The molecule has 4 rings (SSSR count). The van der Waals surface area contributed by atoms with E-state index >= 15 is 0 Å². The highest BCUT2D eigenvalue weighted by Gasteiger charge is 2.29. The largest absolute Gasteiger partial charge is 0.349 e. The van der Waals surface area contributed by atoms with Gasteiger partial charge in [0.15, 0.2) is 0 Å². The molecule has 27 heavy (non-hydrogen) atoms. The molecule has 0 radical (unpaired) electrons. The third kappa shape index (κ3) is 2.99. The lowest BCUT2D eigenvalue weighted by molar-refractivity contribution is -0.121. The number of aryl methyl sites for hydroxylation is 1. The minimum Gasteiger partial charge on any atom is -0.349 e. The van der Waals surface area contributed by atoms with E-state index in [0.29, 0.717) is 30.5 Å². The Morgan fingerprint density at radius 1 is 1.26 bits per heavy atom. The van der Waals surface area contributed by atoms with Gasteiger partial charge in [0.1, 0.15) is 5.82 Å². The van der Waals surface area contributed by atoms with Crippen LogP contribution in [0.2, 0.25) is 0 Å². The number of pyridine rings is 1. The van der Waals surface area contributed by atoms with Crippen molar-refractivity contribution in [3.05, 3.63) is 47.0 Å². The van der Waals surface area contributed by atoms with E-state index in [1.165, 1.54) is 11.0 Å². The third-order valence-electron chi connectivity index (χ3n) is 5.61. The Bertz CT molecular complexity index is 941. The van der Waals surface area contributed by atoms with Crippen LogP contribution in [0.1, 0.15) is 48.9 Å². The van der Waals surface area contributed by atoms with Gasteiger partial charge in [0.05, 0.1) is 6.04 Å². The summed E-state index contributed by atoms with van der Waals surface area (Å²) in [7, 11) is 1.68. The number of carbonyl (C=O) groups excluding carboxylic acids is 2. The Labute approximate surface area is 157 Å². The van der Waals surface area contributed by atoms with Crippen molar-refractivity contribution in [3.63, 3.8) is 0 Å². The van der Waals surface area contributed by atoms with Gasteiger partial charge in [0.2, 0.25) is 11.8 Å². The summed E-state index contributed by atoms with van der Waals surface area (Å²) >= 11 is 0. The van der Waals surface area contributed by atoms with Gasteiger partial charge in [0.25, 0.3) is 0 Å². The zero-order chi connectivity index (χ0) is 19.1. The zero-order valence-corrected chi connectivity index (χ0v) is 15.5. The fraction of sp³-hybridized carbons (Fsp3) is 0.381. The quantitative estimate of drug-likeness (QED) is 0.905. The van der Waals surface area contributed by atoms with Crippen molar-refractivity contribution in [1.82, 2.24) is 10.3 Å². The van der Waals surface area contributed by atoms with Gasteiger partial charge in [0, 0.05) is 49.1 Å². The number of halogens is 1. The molecule has 1 aromatic carbocycles. The molecule has 1 aromatic heterocycles. The number of amides is 2. The lowest BCUT2D eigenvalue weighted by atomic mass is 9.93. The number of hydrogen-bond donors (Lipinski definition) is 1. The first kappa shape index (κ1) is 17.6. The van der Waals surface area contributed by atoms with Crippen LogP contribution in [0.25, 0.3) is 11.1 Å². The molecule has 1 aliphatic heterocycles. The molecule has 6 heteroatoms. The van der Waals surface area contributed by atoms with E-state index in [4.69, 9.17) is 0 Å². The van der Waals surface area contributed by atoms with Gasteiger partial charge in [-0.05, 0) is 48.1 Å². The van der Waals surface area contributed by atoms with Gasteiger partial charge in [-0.3, -0.25) is 14.6 Å². The molecule has 0 spiro atoms. The highest BCUT2D eigenvalue weighted by molar-refractivity contribution is 5.96. The molecule has 0 fully saturated rings. The lowest BCUT2D eigenvalue weighted by Gasteiger charge is -2.26. The normalized spacial score (nSPS) is 18.3. The molecule has 2 amide bonds. The van der Waals surface area contributed by atoms with Crippen molar-refractivity contribution in [2.45, 2.75) is 45.1 Å². The van der Waals surface area contributed by atoms with Gasteiger partial charge in [-0.25, -0.2) is 4.39 Å². The van der Waals surface area contributed by atoms with Crippen LogP contribution in [-0.4, -0.2) is 23.8 Å². The summed E-state index contributed by atoms with van der Waals surface area (Å²) in [5.74, 6) is -0.344. The second kappa shape index (κ2) is 6.76. The number of benzene rings is 1. The number of carbonyl (C=O) groups is 2. The fourth-order valence-electron chi connectivity index (χ4n) is 4.08. The van der Waals surface area contributed by atoms with E-state index in [1.54, 1.807) is 19.4 Å². The standard InChI is InChI=1S/C21H22FN3O2/c1-3-20(26)24-18-6-5-13-15(10-23-11-16(13)18)14-8-12-4-7-21(27)25(2)19(12)9-17(14)22/h8-11,18H,3-7H2,1-2H3,(H,24,26). The van der Waals surface area contributed by atoms with Crippen LogP contribution in [-0.2, 0) is 22.4 Å². The van der Waals surface area contributed by atoms with Crippen LogP contribution in [0.3, 0.4) is 0 Å². The summed E-state index contributed by atoms with van der Waals surface area (Å²) in [4.78, 5) is 29.5. The Balaban J connectivity index is 1.76. The Morgan fingerprint density at radius 3 is 2.85 bits per heavy atom. The maximum atomic E-state index is 15.0. The highest BCUT2D eigenvalue weighted by Crippen LogP contribution is 2.40. The Kier molecular flexibility index (Phi) is 4.42. The molecule has 1 N–H and O–H groups in total. The van der Waals surface area contributed by atoms with Crippen LogP contribution < -0.4 is 10.2 Å². The predicted octanol–water partition coefficient (Wildman–Crippen LogP) is 3.31. The number of nitrogens with zero attached hydrogens (tertiary/aromatic N) is 2. The summed E-state index contributed by atoms with van der Waals surface area (Å²) in [6.07, 6.45) is 6.53. The van der Waals surface area contributed by atoms with E-state index in [-0.39, 0.29) is 23.7 Å². The molecular formula is C21H22FN3O2. The van der Waals surface area contributed by atoms with E-state index in [0.717, 1.165) is 35.1 Å². The molecule has 140 valence electrons. The summed E-state index contributed by atoms with van der Waals surface area (Å²) in [6, 6.07) is 3.24. The summed E-state index contributed by atoms with van der Waals surface area (Å²) < 4.78 is 15.0. The zero-order valence-electron chi connectivity index (χ0n) is 15.5. The van der Waals surface area contributed by atoms with Crippen molar-refractivity contribution in [3.8, 4) is 11.1 Å². The first-order valence-corrected chi connectivity index (χ1v) is 9.35. The number of nitrogens with one attached hydrogen (secondary N) is 1. The Morgan fingerprint density at radius 2 is 2.07 bits per heavy atom. The molecule has 5 nitrogen and oxygen atoms in total. The molecule has 1 aliphatic carbocycles. The van der Waals surface area contributed by atoms with Gasteiger partial charge >= 0.3 is 0 Å². The minimum absolute atomic E-state index is 0.00548. The van der Waals surface area contributed by atoms with Crippen LogP contribution >= 0.6 is 0 Å². The monoisotopic (exact) mass is 367 g/mol. The van der Waals surface area contributed by atoms with E-state index in [2.05, 4.69) is 10.3 Å². The number of aromatic nitrogens is 1. The highest BCUT2D eigenvalue weighted by atomic mass is 19.1. The number of anilines is 1. The van der Waals surface area contributed by atoms with Gasteiger partial charge in [-0.2, -0.15) is 0 Å². The molecule has 2 heterocycles. The second-order valence-electron chi connectivity index (χ2n) is 7.18. The summed E-state index contributed by atoms with van der Waals surface area (Å²) in [5, 5.41) is 3.02. The van der Waals surface area contributed by atoms with Gasteiger partial charge in [-0.15, -0.1) is 0 Å². The molecule has 0 saturated heterocycles. The second-order valence-corrected chi connectivity index (χ2v) is 7.18. The van der Waals surface area contributed by atoms with E-state index < -0.39 is 0 Å². The maximum absolute atomic E-state index is 15.0. The summed E-state index contributed by atoms with van der Waals surface area (Å²) in [6.45, 7) is 1.82. The average molecular weight is 367 g/mol. The van der Waals surface area contributed by atoms with Crippen molar-refractivity contribution >= 4 is 17.5 Å². The third-order valence-corrected chi connectivity index (χ3v) is 5.61. The van der Waals surface area contributed by atoms with Crippen molar-refractivity contribution < 1.29 is 14.0 Å². The molecule has 2 aromatic rings. The molecule has 2 aliphatic rings. The van der Waals surface area contributed by atoms with E-state index in [9.17, 15) is 14.0 Å². The molecular weight excluding hydrogens is 345 g/mol. The van der Waals surface area contributed by atoms with Crippen molar-refractivity contribution in [2.24, 2.45) is 0 Å². The van der Waals surface area contributed by atoms with Crippen LogP contribution in [0, 0.1) is 5.82 Å². The van der Waals surface area contributed by atoms with Gasteiger partial charge in [-0.1, -0.05) is 6.92 Å². The van der Waals surface area contributed by atoms with Gasteiger partial charge < -0.3 is 10.2 Å². The van der Waals surface area contributed by atoms with Crippen molar-refractivity contribution in [2.75, 3.05) is 11.9 Å². The molecule has 0 saturated carbocycles. The lowest BCUT2D eigenvalue weighted by Crippen LogP contribution is -2.31. The minimum atomic E-state index is -0.355. The molecule has 1 atom stereocenters. The Hall–Kier alpha value is -2.76. The van der Waals surface area contributed by atoms with Crippen LogP contribution in [0.15, 0.2) is 24.5 Å². The van der Waals surface area contributed by atoms with Crippen LogP contribution in [0.5, 0.6) is 0 Å². The number of rotatable bonds is 3. The van der Waals surface area contributed by atoms with Crippen LogP contribution in [0.4, 0.5) is 10.1 Å². The smallest absolute Gasteiger partial charge is 0.227 e. The molecule has 0 bridgehead atoms. The topological polar surface area (TPSA) is 62.3 Å². The van der Waals surface area contributed by atoms with E-state index in [1.807, 2.05) is 13.0 Å². The first-order valence-electron chi connectivity index (χ1n) is 9.35. The van der Waals surface area contributed by atoms with Crippen molar-refractivity contribution in [1.29, 1.82) is 0 Å². The number of fused-ring (bicyclic) bond motifs is 2. The number of hydrogen-bond acceptors (Lipinski definition) is 3. The molecule has 1 unspecified atom stereocenters. The summed E-state index contributed by atoms with van der Waals surface area (Å²) in [5.41, 5.74) is 4.93. The SMILES string of the molecule is CCC(=O)NC1CCc2c(-c3cc4c(cc3F)N(C)C(=O)CC4)cncc21. The average Bonchev–Trinajstić information content (AvgIpc) is 3.08.